The molecule has 18 nitrogen and oxygen atoms in total. The molecule has 2 rings (SSSR count). The number of aliphatic hydroxyl groups excluding tert-OH is 4. The number of aliphatic hydroxyl groups is 4. The summed E-state index contributed by atoms with van der Waals surface area (Å²) in [5.41, 5.74) is 0. The highest BCUT2D eigenvalue weighted by Gasteiger charge is 2.18. The lowest BCUT2D eigenvalue weighted by atomic mass is 10.2. The Balaban J connectivity index is 1.57. The van der Waals surface area contributed by atoms with Crippen LogP contribution in [0.1, 0.15) is 0 Å². The van der Waals surface area contributed by atoms with Gasteiger partial charge in [-0.1, -0.05) is 24.3 Å². The summed E-state index contributed by atoms with van der Waals surface area (Å²) in [4.78, 5) is 4.21. The quantitative estimate of drug-likeness (QED) is 0.0676. The summed E-state index contributed by atoms with van der Waals surface area (Å²) in [6, 6.07) is 15.0. The van der Waals surface area contributed by atoms with E-state index >= 15 is 0 Å². The molecule has 2 unspecified atom stereocenters. The van der Waals surface area contributed by atoms with Crippen LogP contribution in [0.15, 0.2) is 48.5 Å². The summed E-state index contributed by atoms with van der Waals surface area (Å²) in [5.74, 6) is 2.50. The third-order valence-corrected chi connectivity index (χ3v) is 8.64. The molecule has 0 radical (unpaired) electrons. The lowest BCUT2D eigenvalue weighted by molar-refractivity contribution is -0.0746. The van der Waals surface area contributed by atoms with E-state index in [-0.39, 0.29) is 39.6 Å². The highest BCUT2D eigenvalue weighted by molar-refractivity contribution is 5.51. The maximum atomic E-state index is 10.5. The molecule has 0 fully saturated rings. The molecule has 0 aromatic heterocycles. The fourth-order valence-corrected chi connectivity index (χ4v) is 5.34. The van der Waals surface area contributed by atoms with E-state index in [9.17, 15) is 10.2 Å². The molecule has 4 N–H and O–H groups in total. The number of benzene rings is 2. The number of hydrogen-bond donors (Lipinski definition) is 4. The van der Waals surface area contributed by atoms with Crippen LogP contribution in [0.2, 0.25) is 0 Å². The molecule has 0 bridgehead atoms. The van der Waals surface area contributed by atoms with Gasteiger partial charge < -0.3 is 77.3 Å². The Morgan fingerprint density at radius 3 is 1.20 bits per heavy atom. The Labute approximate surface area is 355 Å². The fourth-order valence-electron chi connectivity index (χ4n) is 5.34. The maximum absolute atomic E-state index is 10.5. The van der Waals surface area contributed by atoms with E-state index < -0.39 is 12.2 Å². The second-order valence-corrected chi connectivity index (χ2v) is 13.1. The molecule has 2 aromatic carbocycles. The van der Waals surface area contributed by atoms with Gasteiger partial charge in [0.25, 0.3) is 0 Å². The molecule has 0 saturated heterocycles. The summed E-state index contributed by atoms with van der Waals surface area (Å²) in [7, 11) is 3.15. The average Bonchev–Trinajstić information content (AvgIpc) is 3.27. The van der Waals surface area contributed by atoms with Gasteiger partial charge in [0.1, 0.15) is 31.2 Å². The van der Waals surface area contributed by atoms with Crippen molar-refractivity contribution in [3.8, 4) is 23.0 Å². The monoisotopic (exact) mass is 860 g/mol. The van der Waals surface area contributed by atoms with E-state index in [1.165, 1.54) is 0 Å². The standard InChI is InChI=1S/C42H72N2O16/c1-49-40-9-6-10-41(50-2)42(40)60-34-32-56-30-28-54-22-14-44(12-20-52-26-18-46)16-24-58-36-39(48)38(47)35-57-23-15-43(11-19-51-25-17-45)13-21-53-27-29-55-31-33-59-37-7-4-3-5-8-37/h3-10,38-39,45-48H,11-36H2,1-2H3. The fraction of sp³-hybridized carbons (Fsp3) is 0.714. The third kappa shape index (κ3) is 27.1. The Hall–Kier alpha value is -2.92. The lowest BCUT2D eigenvalue weighted by Gasteiger charge is -2.24. The van der Waals surface area contributed by atoms with Crippen LogP contribution in [0.4, 0.5) is 0 Å². The Morgan fingerprint density at radius 2 is 0.783 bits per heavy atom. The lowest BCUT2D eigenvalue weighted by Crippen LogP contribution is -2.38. The summed E-state index contributed by atoms with van der Waals surface area (Å²) in [5, 5.41) is 39.0. The predicted octanol–water partition coefficient (Wildman–Crippen LogP) is 0.605. The number of nitrogens with zero attached hydrogens (tertiary/aromatic N) is 2. The van der Waals surface area contributed by atoms with Gasteiger partial charge in [-0.15, -0.1) is 0 Å². The minimum absolute atomic E-state index is 0.0426. The van der Waals surface area contributed by atoms with Gasteiger partial charge >= 0.3 is 0 Å². The topological polar surface area (TPSA) is 198 Å². The minimum atomic E-state index is -1.12. The molecule has 0 spiro atoms. The van der Waals surface area contributed by atoms with Crippen molar-refractivity contribution in [2.45, 2.75) is 12.2 Å². The predicted molar refractivity (Wildman–Crippen MR) is 223 cm³/mol. The number of methoxy groups -OCH3 is 2. The normalized spacial score (nSPS) is 12.6. The van der Waals surface area contributed by atoms with Gasteiger partial charge in [0.2, 0.25) is 5.75 Å². The van der Waals surface area contributed by atoms with Gasteiger partial charge in [-0.25, -0.2) is 0 Å². The van der Waals surface area contributed by atoms with Gasteiger partial charge in [0, 0.05) is 39.3 Å². The van der Waals surface area contributed by atoms with Gasteiger partial charge in [0.15, 0.2) is 11.5 Å². The zero-order valence-electron chi connectivity index (χ0n) is 35.7. The van der Waals surface area contributed by atoms with E-state index in [0.29, 0.717) is 149 Å². The summed E-state index contributed by atoms with van der Waals surface area (Å²) in [6.45, 7) is 9.65. The number of para-hydroxylation sites is 2. The molecule has 60 heavy (non-hydrogen) atoms. The molecule has 2 atom stereocenters. The molecule has 0 heterocycles. The van der Waals surface area contributed by atoms with Crippen molar-refractivity contribution in [3.63, 3.8) is 0 Å². The van der Waals surface area contributed by atoms with E-state index in [1.54, 1.807) is 26.4 Å². The molecule has 0 aliphatic heterocycles. The Bertz CT molecular complexity index is 1220. The zero-order chi connectivity index (χ0) is 43.1. The van der Waals surface area contributed by atoms with Crippen LogP contribution in [-0.4, -0.2) is 228 Å². The molecule has 0 saturated carbocycles. The van der Waals surface area contributed by atoms with E-state index in [4.69, 9.17) is 67.1 Å². The third-order valence-electron chi connectivity index (χ3n) is 8.64. The molecule has 18 heteroatoms. The first kappa shape index (κ1) is 53.2. The first-order valence-electron chi connectivity index (χ1n) is 20.7. The first-order valence-corrected chi connectivity index (χ1v) is 20.7. The van der Waals surface area contributed by atoms with Crippen LogP contribution < -0.4 is 18.9 Å². The van der Waals surface area contributed by atoms with Crippen molar-refractivity contribution in [1.29, 1.82) is 0 Å². The molecule has 0 amide bonds. The number of rotatable bonds is 43. The van der Waals surface area contributed by atoms with Crippen LogP contribution in [0.5, 0.6) is 23.0 Å². The Morgan fingerprint density at radius 1 is 0.417 bits per heavy atom. The molecule has 0 aliphatic rings. The minimum Gasteiger partial charge on any atom is -0.493 e. The molecular weight excluding hydrogens is 788 g/mol. The van der Waals surface area contributed by atoms with Crippen molar-refractivity contribution >= 4 is 0 Å². The van der Waals surface area contributed by atoms with Crippen molar-refractivity contribution in [3.05, 3.63) is 48.5 Å². The second kappa shape index (κ2) is 37.8. The van der Waals surface area contributed by atoms with Crippen molar-refractivity contribution < 1.29 is 77.3 Å². The molecule has 346 valence electrons. The van der Waals surface area contributed by atoms with Crippen LogP contribution >= 0.6 is 0 Å². The zero-order valence-corrected chi connectivity index (χ0v) is 35.7. The highest BCUT2D eigenvalue weighted by Crippen LogP contribution is 2.36. The molecule has 0 aliphatic carbocycles. The van der Waals surface area contributed by atoms with Crippen molar-refractivity contribution in [2.24, 2.45) is 0 Å². The van der Waals surface area contributed by atoms with Gasteiger partial charge in [-0.05, 0) is 24.3 Å². The maximum Gasteiger partial charge on any atom is 0.203 e. The van der Waals surface area contributed by atoms with Crippen LogP contribution in [0.3, 0.4) is 0 Å². The highest BCUT2D eigenvalue weighted by atomic mass is 16.6. The summed E-state index contributed by atoms with van der Waals surface area (Å²) < 4.78 is 67.1. The van der Waals surface area contributed by atoms with Crippen molar-refractivity contribution in [2.75, 3.05) is 186 Å². The van der Waals surface area contributed by atoms with E-state index in [1.807, 2.05) is 36.4 Å². The first-order chi connectivity index (χ1) is 29.5. The SMILES string of the molecule is COc1cccc(OC)c1OCCOCCOCCN(CCOCCO)CCOCC(O)C(O)COCCN(CCOCCO)CCOCCOCCOc1ccccc1. The summed E-state index contributed by atoms with van der Waals surface area (Å²) >= 11 is 0. The number of ether oxygens (including phenoxy) is 12. The Kier molecular flexibility index (Phi) is 33.5. The second-order valence-electron chi connectivity index (χ2n) is 13.1. The van der Waals surface area contributed by atoms with E-state index in [0.717, 1.165) is 5.75 Å². The molecule has 2 aromatic rings. The van der Waals surface area contributed by atoms with Crippen LogP contribution in [0, 0.1) is 0 Å². The largest absolute Gasteiger partial charge is 0.493 e. The van der Waals surface area contributed by atoms with E-state index in [2.05, 4.69) is 9.80 Å². The van der Waals surface area contributed by atoms with Gasteiger partial charge in [-0.2, -0.15) is 0 Å². The van der Waals surface area contributed by atoms with Crippen molar-refractivity contribution in [1.82, 2.24) is 9.80 Å². The van der Waals surface area contributed by atoms with Gasteiger partial charge in [-0.3, -0.25) is 9.80 Å². The summed E-state index contributed by atoms with van der Waals surface area (Å²) in [6.07, 6.45) is -2.25. The molecular formula is C42H72N2O16. The van der Waals surface area contributed by atoms with Crippen LogP contribution in [-0.2, 0) is 37.9 Å². The van der Waals surface area contributed by atoms with Crippen LogP contribution in [0.25, 0.3) is 0 Å². The average molecular weight is 861 g/mol. The van der Waals surface area contributed by atoms with Gasteiger partial charge in [0.05, 0.1) is 133 Å². The number of hydrogen-bond acceptors (Lipinski definition) is 18. The smallest absolute Gasteiger partial charge is 0.203 e.